The van der Waals surface area contributed by atoms with Gasteiger partial charge in [-0.3, -0.25) is 0 Å². The second-order valence-corrected chi connectivity index (χ2v) is 4.05. The molecule has 0 fully saturated rings. The van der Waals surface area contributed by atoms with Crippen molar-refractivity contribution in [2.45, 2.75) is 6.54 Å². The van der Waals surface area contributed by atoms with Crippen molar-refractivity contribution < 1.29 is 0 Å². The first-order chi connectivity index (χ1) is 7.93. The Hall–Kier alpha value is -2.16. The summed E-state index contributed by atoms with van der Waals surface area (Å²) < 4.78 is 2.17. The number of azo groups is 1. The molecular formula is C13H9N3. The SMILES string of the molecule is c1ccc2c(c1)cn1ccc3c(c21)CN=N3. The van der Waals surface area contributed by atoms with E-state index < -0.39 is 0 Å². The third-order valence-electron chi connectivity index (χ3n) is 3.15. The van der Waals surface area contributed by atoms with Gasteiger partial charge in [-0.05, 0) is 6.07 Å². The van der Waals surface area contributed by atoms with Crippen LogP contribution in [-0.2, 0) is 6.54 Å². The van der Waals surface area contributed by atoms with Crippen LogP contribution in [0, 0.1) is 0 Å². The molecule has 0 N–H and O–H groups in total. The monoisotopic (exact) mass is 207 g/mol. The predicted octanol–water partition coefficient (Wildman–Crippen LogP) is 3.69. The van der Waals surface area contributed by atoms with Crippen LogP contribution in [0.4, 0.5) is 5.69 Å². The lowest BCUT2D eigenvalue weighted by molar-refractivity contribution is 1.04. The van der Waals surface area contributed by atoms with Gasteiger partial charge in [0.2, 0.25) is 0 Å². The number of hydrogen-bond acceptors (Lipinski definition) is 2. The molecule has 0 bridgehead atoms. The molecule has 0 saturated carbocycles. The van der Waals surface area contributed by atoms with Gasteiger partial charge in [-0.2, -0.15) is 10.2 Å². The van der Waals surface area contributed by atoms with Gasteiger partial charge in [0.05, 0.1) is 17.7 Å². The first-order valence-corrected chi connectivity index (χ1v) is 5.32. The van der Waals surface area contributed by atoms with Crippen LogP contribution >= 0.6 is 0 Å². The maximum Gasteiger partial charge on any atom is 0.0939 e. The van der Waals surface area contributed by atoms with Crippen molar-refractivity contribution in [2.24, 2.45) is 10.2 Å². The molecule has 0 radical (unpaired) electrons. The molecule has 16 heavy (non-hydrogen) atoms. The molecule has 3 heteroatoms. The van der Waals surface area contributed by atoms with E-state index in [4.69, 9.17) is 0 Å². The summed E-state index contributed by atoms with van der Waals surface area (Å²) in [6.45, 7) is 0.702. The largest absolute Gasteiger partial charge is 0.322 e. The highest BCUT2D eigenvalue weighted by Crippen LogP contribution is 2.34. The molecule has 0 aliphatic carbocycles. The molecule has 0 atom stereocenters. The van der Waals surface area contributed by atoms with Crippen LogP contribution < -0.4 is 0 Å². The van der Waals surface area contributed by atoms with Crippen molar-refractivity contribution in [1.82, 2.24) is 4.40 Å². The number of hydrogen-bond donors (Lipinski definition) is 0. The summed E-state index contributed by atoms with van der Waals surface area (Å²) in [6.07, 6.45) is 4.21. The average molecular weight is 207 g/mol. The Morgan fingerprint density at radius 3 is 3.06 bits per heavy atom. The summed E-state index contributed by atoms with van der Waals surface area (Å²) in [6, 6.07) is 10.5. The number of rotatable bonds is 0. The number of aromatic nitrogens is 1. The fraction of sp³-hybridized carbons (Fsp3) is 0.0769. The van der Waals surface area contributed by atoms with Gasteiger partial charge >= 0.3 is 0 Å². The Balaban J connectivity index is 2.29. The van der Waals surface area contributed by atoms with Crippen molar-refractivity contribution >= 4 is 22.0 Å². The minimum Gasteiger partial charge on any atom is -0.322 e. The maximum atomic E-state index is 4.15. The molecule has 76 valence electrons. The summed E-state index contributed by atoms with van der Waals surface area (Å²) in [7, 11) is 0. The Bertz CT molecular complexity index is 737. The van der Waals surface area contributed by atoms with E-state index in [0.717, 1.165) is 5.69 Å². The molecular weight excluding hydrogens is 198 g/mol. The Morgan fingerprint density at radius 1 is 1.12 bits per heavy atom. The van der Waals surface area contributed by atoms with E-state index in [1.807, 2.05) is 6.07 Å². The van der Waals surface area contributed by atoms with Gasteiger partial charge in [0, 0.05) is 28.7 Å². The van der Waals surface area contributed by atoms with Crippen LogP contribution in [0.15, 0.2) is 53.0 Å². The van der Waals surface area contributed by atoms with E-state index in [2.05, 4.69) is 51.3 Å². The van der Waals surface area contributed by atoms with E-state index >= 15 is 0 Å². The van der Waals surface area contributed by atoms with Gasteiger partial charge in [0.1, 0.15) is 0 Å². The smallest absolute Gasteiger partial charge is 0.0939 e. The predicted molar refractivity (Wildman–Crippen MR) is 63.1 cm³/mol. The first kappa shape index (κ1) is 8.05. The summed E-state index contributed by atoms with van der Waals surface area (Å²) in [5.74, 6) is 0. The van der Waals surface area contributed by atoms with Crippen molar-refractivity contribution in [3.8, 4) is 0 Å². The highest BCUT2D eigenvalue weighted by molar-refractivity contribution is 6.00. The zero-order chi connectivity index (χ0) is 10.5. The number of nitrogens with zero attached hydrogens (tertiary/aromatic N) is 3. The normalized spacial score (nSPS) is 13.8. The number of benzene rings is 1. The van der Waals surface area contributed by atoms with Crippen molar-refractivity contribution in [1.29, 1.82) is 0 Å². The summed E-state index contributed by atoms with van der Waals surface area (Å²) >= 11 is 0. The molecule has 0 saturated heterocycles. The molecule has 1 aliphatic heterocycles. The zero-order valence-corrected chi connectivity index (χ0v) is 8.59. The molecule has 0 unspecified atom stereocenters. The molecule has 4 rings (SSSR count). The highest BCUT2D eigenvalue weighted by Gasteiger charge is 2.14. The van der Waals surface area contributed by atoms with Crippen LogP contribution in [0.1, 0.15) is 5.56 Å². The Kier molecular flexibility index (Phi) is 1.36. The lowest BCUT2D eigenvalue weighted by Gasteiger charge is -2.00. The summed E-state index contributed by atoms with van der Waals surface area (Å²) in [4.78, 5) is 0. The van der Waals surface area contributed by atoms with Gasteiger partial charge in [0.15, 0.2) is 0 Å². The van der Waals surface area contributed by atoms with Gasteiger partial charge in [-0.1, -0.05) is 24.3 Å². The fourth-order valence-corrected chi connectivity index (χ4v) is 2.42. The van der Waals surface area contributed by atoms with E-state index in [9.17, 15) is 0 Å². The summed E-state index contributed by atoms with van der Waals surface area (Å²) in [5, 5.41) is 10.8. The summed E-state index contributed by atoms with van der Waals surface area (Å²) in [5.41, 5.74) is 3.50. The second kappa shape index (κ2) is 2.70. The van der Waals surface area contributed by atoms with Gasteiger partial charge in [-0.25, -0.2) is 0 Å². The molecule has 1 aromatic carbocycles. The molecule has 0 spiro atoms. The zero-order valence-electron chi connectivity index (χ0n) is 8.59. The number of pyridine rings is 1. The third kappa shape index (κ3) is 0.877. The molecule has 1 aliphatic rings. The van der Waals surface area contributed by atoms with E-state index in [-0.39, 0.29) is 0 Å². The quantitative estimate of drug-likeness (QED) is 0.538. The number of fused-ring (bicyclic) bond motifs is 5. The maximum absolute atomic E-state index is 4.15. The van der Waals surface area contributed by atoms with Crippen LogP contribution in [-0.4, -0.2) is 4.40 Å². The van der Waals surface area contributed by atoms with Crippen molar-refractivity contribution in [3.63, 3.8) is 0 Å². The van der Waals surface area contributed by atoms with Crippen LogP contribution in [0.25, 0.3) is 16.3 Å². The standard InChI is InChI=1S/C13H9N3/c1-2-4-10-9(3-1)8-16-6-5-12-11(13(10)16)7-14-15-12/h1-6,8H,7H2. The van der Waals surface area contributed by atoms with Crippen LogP contribution in [0.3, 0.4) is 0 Å². The first-order valence-electron chi connectivity index (χ1n) is 5.32. The lowest BCUT2D eigenvalue weighted by Crippen LogP contribution is -1.86. The topological polar surface area (TPSA) is 29.1 Å². The van der Waals surface area contributed by atoms with Crippen LogP contribution in [0.2, 0.25) is 0 Å². The Morgan fingerprint density at radius 2 is 2.06 bits per heavy atom. The highest BCUT2D eigenvalue weighted by atomic mass is 15.1. The van der Waals surface area contributed by atoms with E-state index in [0.29, 0.717) is 6.54 Å². The molecule has 0 amide bonds. The van der Waals surface area contributed by atoms with E-state index in [1.165, 1.54) is 21.9 Å². The molecule has 3 nitrogen and oxygen atoms in total. The van der Waals surface area contributed by atoms with Crippen molar-refractivity contribution in [2.75, 3.05) is 0 Å². The van der Waals surface area contributed by atoms with Gasteiger partial charge < -0.3 is 4.40 Å². The van der Waals surface area contributed by atoms with Gasteiger partial charge in [0.25, 0.3) is 0 Å². The van der Waals surface area contributed by atoms with E-state index in [1.54, 1.807) is 0 Å². The van der Waals surface area contributed by atoms with Gasteiger partial charge in [-0.15, -0.1) is 0 Å². The van der Waals surface area contributed by atoms with Crippen LogP contribution in [0.5, 0.6) is 0 Å². The minimum absolute atomic E-state index is 0.702. The molecule has 2 aromatic heterocycles. The third-order valence-corrected chi connectivity index (χ3v) is 3.15. The minimum atomic E-state index is 0.702. The lowest BCUT2D eigenvalue weighted by atomic mass is 10.1. The Labute approximate surface area is 92.0 Å². The average Bonchev–Trinajstić information content (AvgIpc) is 2.91. The fourth-order valence-electron chi connectivity index (χ4n) is 2.42. The molecule has 3 aromatic rings. The molecule has 3 heterocycles. The second-order valence-electron chi connectivity index (χ2n) is 4.05. The van der Waals surface area contributed by atoms with Crippen molar-refractivity contribution in [3.05, 3.63) is 48.3 Å².